The van der Waals surface area contributed by atoms with Crippen molar-refractivity contribution >= 4 is 5.91 Å². The number of carbonyl (C=O) groups excluding carboxylic acids is 1. The van der Waals surface area contributed by atoms with Crippen molar-refractivity contribution in [1.29, 1.82) is 0 Å². The highest BCUT2D eigenvalue weighted by Gasteiger charge is 2.28. The van der Waals surface area contributed by atoms with Gasteiger partial charge in [0.25, 0.3) is 0 Å². The lowest BCUT2D eigenvalue weighted by Gasteiger charge is -2.27. The lowest BCUT2D eigenvalue weighted by atomic mass is 10.00. The molecule has 0 radical (unpaired) electrons. The van der Waals surface area contributed by atoms with E-state index < -0.39 is 36.9 Å². The Morgan fingerprint density at radius 3 is 1.35 bits per heavy atom. The first-order valence-corrected chi connectivity index (χ1v) is 23.2. The summed E-state index contributed by atoms with van der Waals surface area (Å²) >= 11 is 0. The van der Waals surface area contributed by atoms with E-state index in [1.54, 1.807) is 0 Å². The summed E-state index contributed by atoms with van der Waals surface area (Å²) in [5, 5.41) is 43.7. The fourth-order valence-electron chi connectivity index (χ4n) is 6.77. The summed E-state index contributed by atoms with van der Waals surface area (Å²) in [6.45, 7) is 3.92. The number of rotatable bonds is 41. The molecule has 0 saturated heterocycles. The van der Waals surface area contributed by atoms with Gasteiger partial charge in [0.05, 0.1) is 18.8 Å². The first kappa shape index (κ1) is 53.0. The second-order valence-corrected chi connectivity index (χ2v) is 15.7. The number of hydrogen-bond donors (Lipinski definition) is 5. The van der Waals surface area contributed by atoms with Gasteiger partial charge in [-0.05, 0) is 89.9 Å². The van der Waals surface area contributed by atoms with Crippen molar-refractivity contribution in [3.8, 4) is 0 Å². The molecule has 1 amide bonds. The largest absolute Gasteiger partial charge is 0.394 e. The van der Waals surface area contributed by atoms with Crippen LogP contribution in [0.2, 0.25) is 0 Å². The van der Waals surface area contributed by atoms with E-state index in [1.165, 1.54) is 116 Å². The Labute approximate surface area is 340 Å². The number of allylic oxidation sites excluding steroid dienone is 10. The number of aliphatic hydroxyl groups excluding tert-OH is 4. The number of unbranched alkanes of at least 4 members (excludes halogenated alkanes) is 22. The first-order chi connectivity index (χ1) is 27.0. The van der Waals surface area contributed by atoms with Crippen LogP contribution in [0.15, 0.2) is 60.8 Å². The third kappa shape index (κ3) is 37.4. The Morgan fingerprint density at radius 2 is 0.873 bits per heavy atom. The molecular weight excluding hydrogens is 683 g/mol. The average molecular weight is 772 g/mol. The maximum absolute atomic E-state index is 12.5. The zero-order valence-corrected chi connectivity index (χ0v) is 35.9. The van der Waals surface area contributed by atoms with Crippen molar-refractivity contribution in [2.75, 3.05) is 6.61 Å². The minimum Gasteiger partial charge on any atom is -0.394 e. The van der Waals surface area contributed by atoms with Crippen molar-refractivity contribution < 1.29 is 25.2 Å². The van der Waals surface area contributed by atoms with Crippen LogP contribution in [0.25, 0.3) is 0 Å². The van der Waals surface area contributed by atoms with E-state index in [-0.39, 0.29) is 0 Å². The second-order valence-electron chi connectivity index (χ2n) is 15.7. The topological polar surface area (TPSA) is 110 Å². The molecule has 0 spiro atoms. The van der Waals surface area contributed by atoms with Crippen LogP contribution in [0.5, 0.6) is 0 Å². The summed E-state index contributed by atoms with van der Waals surface area (Å²) < 4.78 is 0. The molecular formula is C49H89NO5. The number of hydrogen-bond acceptors (Lipinski definition) is 5. The molecule has 320 valence electrons. The molecule has 0 aromatic carbocycles. The number of carbonyl (C=O) groups is 1. The zero-order valence-electron chi connectivity index (χ0n) is 35.9. The van der Waals surface area contributed by atoms with Crippen LogP contribution in [-0.4, -0.2) is 57.3 Å². The van der Waals surface area contributed by atoms with Crippen molar-refractivity contribution in [3.63, 3.8) is 0 Å². The molecule has 4 atom stereocenters. The maximum atomic E-state index is 12.5. The minimum atomic E-state index is -1.30. The van der Waals surface area contributed by atoms with E-state index in [9.17, 15) is 25.2 Å². The molecule has 0 fully saturated rings. The monoisotopic (exact) mass is 772 g/mol. The van der Waals surface area contributed by atoms with E-state index in [0.29, 0.717) is 19.3 Å². The van der Waals surface area contributed by atoms with E-state index in [0.717, 1.165) is 64.2 Å². The van der Waals surface area contributed by atoms with Gasteiger partial charge in [-0.3, -0.25) is 4.79 Å². The molecule has 0 aromatic rings. The Morgan fingerprint density at radius 1 is 0.473 bits per heavy atom. The molecule has 0 heterocycles. The highest BCUT2D eigenvalue weighted by atomic mass is 16.3. The van der Waals surface area contributed by atoms with E-state index in [2.05, 4.69) is 79.9 Å². The summed E-state index contributed by atoms with van der Waals surface area (Å²) in [5.41, 5.74) is 0. The first-order valence-electron chi connectivity index (χ1n) is 23.2. The van der Waals surface area contributed by atoms with E-state index in [4.69, 9.17) is 0 Å². The van der Waals surface area contributed by atoms with Gasteiger partial charge in [-0.1, -0.05) is 184 Å². The average Bonchev–Trinajstić information content (AvgIpc) is 3.19. The molecule has 55 heavy (non-hydrogen) atoms. The van der Waals surface area contributed by atoms with Crippen molar-refractivity contribution in [3.05, 3.63) is 60.8 Å². The number of aliphatic hydroxyl groups is 4. The van der Waals surface area contributed by atoms with Crippen LogP contribution < -0.4 is 5.32 Å². The van der Waals surface area contributed by atoms with Crippen molar-refractivity contribution in [2.24, 2.45) is 0 Å². The third-order valence-corrected chi connectivity index (χ3v) is 10.4. The van der Waals surface area contributed by atoms with Crippen LogP contribution in [0.1, 0.15) is 213 Å². The Hall–Kier alpha value is -1.99. The van der Waals surface area contributed by atoms with Crippen molar-refractivity contribution in [2.45, 2.75) is 237 Å². The van der Waals surface area contributed by atoms with E-state index >= 15 is 0 Å². The van der Waals surface area contributed by atoms with Gasteiger partial charge in [0, 0.05) is 0 Å². The van der Waals surface area contributed by atoms with Gasteiger partial charge in [-0.2, -0.15) is 0 Å². The zero-order chi connectivity index (χ0) is 40.3. The molecule has 0 aromatic heterocycles. The summed E-state index contributed by atoms with van der Waals surface area (Å²) in [7, 11) is 0. The highest BCUT2D eigenvalue weighted by Crippen LogP contribution is 2.15. The quantitative estimate of drug-likeness (QED) is 0.0314. The van der Waals surface area contributed by atoms with Crippen LogP contribution in [0.3, 0.4) is 0 Å². The summed E-state index contributed by atoms with van der Waals surface area (Å²) in [5.74, 6) is -0.602. The SMILES string of the molecule is CC/C=C\C/C=C\CCCCCCCCCCCCCCCC(O)C(=O)NC(CO)C(O)C(O)CCC/C=C/CC/C=C/CC/C=C/CCCCCCCC. The van der Waals surface area contributed by atoms with Crippen LogP contribution in [-0.2, 0) is 4.79 Å². The molecule has 0 saturated carbocycles. The highest BCUT2D eigenvalue weighted by molar-refractivity contribution is 5.80. The molecule has 0 bridgehead atoms. The standard InChI is InChI=1S/C49H89NO5/c1-3-5-7-9-11-13-15-17-19-21-23-25-27-29-31-33-35-37-39-41-43-47(53)49(55)50-45(44-51)48(54)46(52)42-40-38-36-34-32-30-28-26-24-22-20-18-16-14-12-10-8-6-4-2/h5,7,11,13,18,20,26,28,34,36,45-48,51-54H,3-4,6,8-10,12,14-17,19,21-25,27,29-33,35,37-44H2,1-2H3,(H,50,55)/b7-5-,13-11-,20-18+,28-26+,36-34+. The summed E-state index contributed by atoms with van der Waals surface area (Å²) in [4.78, 5) is 12.5. The maximum Gasteiger partial charge on any atom is 0.249 e. The predicted molar refractivity (Wildman–Crippen MR) is 237 cm³/mol. The summed E-state index contributed by atoms with van der Waals surface area (Å²) in [6.07, 6.45) is 53.9. The third-order valence-electron chi connectivity index (χ3n) is 10.4. The molecule has 6 heteroatoms. The predicted octanol–water partition coefficient (Wildman–Crippen LogP) is 12.5. The van der Waals surface area contributed by atoms with Gasteiger partial charge in [-0.15, -0.1) is 0 Å². The molecule has 0 rings (SSSR count). The Kier molecular flexibility index (Phi) is 41.6. The molecule has 0 aliphatic rings. The number of nitrogens with one attached hydrogen (secondary N) is 1. The molecule has 0 aliphatic carbocycles. The normalized spacial score (nSPS) is 14.7. The molecule has 0 aliphatic heterocycles. The number of amides is 1. The van der Waals surface area contributed by atoms with Crippen molar-refractivity contribution in [1.82, 2.24) is 5.32 Å². The van der Waals surface area contributed by atoms with E-state index in [1.807, 2.05) is 0 Å². The van der Waals surface area contributed by atoms with Crippen LogP contribution in [0.4, 0.5) is 0 Å². The fourth-order valence-corrected chi connectivity index (χ4v) is 6.77. The van der Waals surface area contributed by atoms with Gasteiger partial charge in [0.15, 0.2) is 0 Å². The van der Waals surface area contributed by atoms with Crippen LogP contribution in [0, 0.1) is 0 Å². The van der Waals surface area contributed by atoms with Gasteiger partial charge in [-0.25, -0.2) is 0 Å². The summed E-state index contributed by atoms with van der Waals surface area (Å²) in [6, 6.07) is -1.01. The Bertz CT molecular complexity index is 957. The van der Waals surface area contributed by atoms with Gasteiger partial charge < -0.3 is 25.7 Å². The van der Waals surface area contributed by atoms with Gasteiger partial charge in [0.2, 0.25) is 5.91 Å². The van der Waals surface area contributed by atoms with Gasteiger partial charge >= 0.3 is 0 Å². The molecule has 6 nitrogen and oxygen atoms in total. The second kappa shape index (κ2) is 43.1. The lowest BCUT2D eigenvalue weighted by molar-refractivity contribution is -0.132. The molecule has 5 N–H and O–H groups in total. The fraction of sp³-hybridized carbons (Fsp3) is 0.776. The van der Waals surface area contributed by atoms with Crippen LogP contribution >= 0.6 is 0 Å². The smallest absolute Gasteiger partial charge is 0.249 e. The van der Waals surface area contributed by atoms with Gasteiger partial charge in [0.1, 0.15) is 12.2 Å². The molecule has 4 unspecified atom stereocenters. The lowest BCUT2D eigenvalue weighted by Crippen LogP contribution is -2.53. The Balaban J connectivity index is 3.80. The minimum absolute atomic E-state index is 0.355.